The predicted molar refractivity (Wildman–Crippen MR) is 195 cm³/mol. The minimum absolute atomic E-state index is 0. The van der Waals surface area contributed by atoms with Gasteiger partial charge < -0.3 is 37.2 Å². The maximum absolute atomic E-state index is 3.05. The van der Waals surface area contributed by atoms with Crippen LogP contribution in [0.15, 0.2) is 58.7 Å². The number of anilines is 3. The number of halogens is 3. The summed E-state index contributed by atoms with van der Waals surface area (Å²) in [7, 11) is 10.3. The molecule has 254 valence electrons. The Balaban J connectivity index is 0.00000368. The maximum Gasteiger partial charge on any atom is -1.00 e. The number of hydrogen-bond donors (Lipinski definition) is 0. The Morgan fingerprint density at radius 1 is 0.426 bits per heavy atom. The molecule has 0 fully saturated rings. The summed E-state index contributed by atoms with van der Waals surface area (Å²) in [6.45, 7) is 23.3. The average molecular weight is 747 g/mol. The summed E-state index contributed by atoms with van der Waals surface area (Å²) >= 11 is 2.60. The van der Waals surface area contributed by atoms with Crippen molar-refractivity contribution in [3.8, 4) is 0 Å². The number of hydrogen-bond acceptors (Lipinski definition) is 3. The second-order valence-electron chi connectivity index (χ2n) is 14.0. The van der Waals surface area contributed by atoms with Gasteiger partial charge in [-0.25, -0.2) is 0 Å². The van der Waals surface area contributed by atoms with Crippen molar-refractivity contribution in [3.05, 3.63) is 92.1 Å². The molecule has 3 aromatic carbocycles. The molecule has 0 radical (unpaired) electrons. The van der Waals surface area contributed by atoms with Gasteiger partial charge in [-0.15, -0.1) is 0 Å². The fourth-order valence-electron chi connectivity index (χ4n) is 7.42. The molecular weight excluding hydrogens is 693 g/mol. The summed E-state index contributed by atoms with van der Waals surface area (Å²) < 4.78 is -0.216. The number of benzene rings is 3. The largest absolute Gasteiger partial charge is 1.00 e. The smallest absolute Gasteiger partial charge is 1.00 e. The van der Waals surface area contributed by atoms with Crippen LogP contribution in [0.25, 0.3) is 0 Å². The van der Waals surface area contributed by atoms with Crippen LogP contribution in [0.1, 0.15) is 61.1 Å². The summed E-state index contributed by atoms with van der Waals surface area (Å²) in [6, 6.07) is 15.1. The predicted octanol–water partition coefficient (Wildman–Crippen LogP) is -1.85. The van der Waals surface area contributed by atoms with Gasteiger partial charge in [-0.1, -0.05) is 0 Å². The van der Waals surface area contributed by atoms with Crippen LogP contribution in [0.2, 0.25) is 3.34 Å². The zero-order chi connectivity index (χ0) is 33.2. The second kappa shape index (κ2) is 15.5. The molecule has 1 aliphatic carbocycles. The Kier molecular flexibility index (Phi) is 14.3. The Hall–Kier alpha value is -1.66. The molecule has 0 heterocycles. The molecular formula is C39H54Cl3N3SiTi. The van der Waals surface area contributed by atoms with E-state index in [0.717, 1.165) is 0 Å². The van der Waals surface area contributed by atoms with Crippen molar-refractivity contribution >= 4 is 40.7 Å². The molecule has 0 saturated heterocycles. The van der Waals surface area contributed by atoms with Crippen molar-refractivity contribution in [2.24, 2.45) is 0 Å². The third-order valence-electron chi connectivity index (χ3n) is 10.9. The van der Waals surface area contributed by atoms with Gasteiger partial charge in [-0.2, -0.15) is 0 Å². The molecule has 1 aliphatic rings. The average Bonchev–Trinajstić information content (AvgIpc) is 3.09. The molecule has 0 aromatic heterocycles. The van der Waals surface area contributed by atoms with Crippen LogP contribution in [0.5, 0.6) is 0 Å². The topological polar surface area (TPSA) is 9.72 Å². The van der Waals surface area contributed by atoms with Crippen LogP contribution in [0.3, 0.4) is 0 Å². The molecule has 3 nitrogen and oxygen atoms in total. The van der Waals surface area contributed by atoms with Gasteiger partial charge in [0.15, 0.2) is 0 Å². The van der Waals surface area contributed by atoms with E-state index in [0.29, 0.717) is 0 Å². The van der Waals surface area contributed by atoms with Gasteiger partial charge in [0.1, 0.15) is 0 Å². The summed E-state index contributed by atoms with van der Waals surface area (Å²) in [6.07, 6.45) is 0. The first kappa shape index (κ1) is 43.4. The summed E-state index contributed by atoms with van der Waals surface area (Å²) in [5, 5.41) is 4.48. The number of nitrogens with zero attached hydrogens (tertiary/aromatic N) is 3. The third-order valence-corrected chi connectivity index (χ3v) is 19.3. The molecule has 4 rings (SSSR count). The van der Waals surface area contributed by atoms with Gasteiger partial charge in [-0.3, -0.25) is 0 Å². The molecule has 0 N–H and O–H groups in total. The molecule has 0 amide bonds. The Labute approximate surface area is 317 Å². The maximum atomic E-state index is 2.60. The van der Waals surface area contributed by atoms with Crippen molar-refractivity contribution in [1.29, 1.82) is 0 Å². The third kappa shape index (κ3) is 6.65. The zero-order valence-electron chi connectivity index (χ0n) is 31.4. The van der Waals surface area contributed by atoms with Crippen molar-refractivity contribution in [3.63, 3.8) is 0 Å². The SMILES string of the molecule is CC1=C(C)[C]([Ti+3])([Si](c2cc(C)c(C)cc2N(C)C)(c2cc(C)c(C)cc2N(C)C)c2cc(C)c(C)cc2N(C)C)C(C)=C1C.[Cl-].[Cl-].[Cl-]. The molecule has 8 heteroatoms. The molecule has 0 atom stereocenters. The summed E-state index contributed by atoms with van der Waals surface area (Å²) in [5.41, 5.74) is 18.0. The normalized spacial score (nSPS) is 14.0. The van der Waals surface area contributed by atoms with Crippen LogP contribution >= 0.6 is 0 Å². The first-order valence-electron chi connectivity index (χ1n) is 15.8. The zero-order valence-corrected chi connectivity index (χ0v) is 36.3. The molecule has 0 spiro atoms. The molecule has 0 unspecified atom stereocenters. The molecule has 0 bridgehead atoms. The minimum Gasteiger partial charge on any atom is -1.00 e. The van der Waals surface area contributed by atoms with E-state index in [9.17, 15) is 0 Å². The van der Waals surface area contributed by atoms with Crippen LogP contribution in [-0.4, -0.2) is 50.4 Å². The van der Waals surface area contributed by atoms with Crippen LogP contribution in [-0.2, 0) is 20.4 Å². The Morgan fingerprint density at radius 3 is 0.851 bits per heavy atom. The fourth-order valence-corrected chi connectivity index (χ4v) is 16.8. The van der Waals surface area contributed by atoms with Gasteiger partial charge in [0, 0.05) is 0 Å². The molecule has 47 heavy (non-hydrogen) atoms. The van der Waals surface area contributed by atoms with Crippen LogP contribution < -0.4 is 67.5 Å². The molecule has 0 saturated carbocycles. The van der Waals surface area contributed by atoms with Crippen molar-refractivity contribution in [1.82, 2.24) is 0 Å². The summed E-state index contributed by atoms with van der Waals surface area (Å²) in [5.74, 6) is 0. The molecule has 3 aromatic rings. The second-order valence-corrected chi connectivity index (χ2v) is 19.9. The van der Waals surface area contributed by atoms with E-state index in [4.69, 9.17) is 0 Å². The van der Waals surface area contributed by atoms with E-state index in [1.807, 2.05) is 0 Å². The monoisotopic (exact) mass is 745 g/mol. The van der Waals surface area contributed by atoms with E-state index in [1.165, 1.54) is 88.3 Å². The first-order valence-corrected chi connectivity index (χ1v) is 18.6. The summed E-state index contributed by atoms with van der Waals surface area (Å²) in [4.78, 5) is 7.10. The van der Waals surface area contributed by atoms with Gasteiger partial charge in [0.25, 0.3) is 0 Å². The number of rotatable bonds is 7. The van der Waals surface area contributed by atoms with Gasteiger partial charge in [0.05, 0.1) is 0 Å². The number of allylic oxidation sites excluding steroid dienone is 4. The van der Waals surface area contributed by atoms with E-state index >= 15 is 0 Å². The van der Waals surface area contributed by atoms with Crippen molar-refractivity contribution in [2.75, 3.05) is 57.0 Å². The van der Waals surface area contributed by atoms with Crippen LogP contribution in [0, 0.1) is 41.5 Å². The first-order chi connectivity index (χ1) is 20.3. The van der Waals surface area contributed by atoms with Crippen molar-refractivity contribution < 1.29 is 57.7 Å². The standard InChI is InChI=1S/C39H54N3Si.3ClH.Ti/c1-23-17-33(40(11)12)36(20-26(23)4)43(39-31(9)29(7)30(8)32(39)10,37-21-27(5)24(2)18-34(37)41(13)14)38-22-28(6)25(3)19-35(38)42(15)16;;;;/h17-22H,1-16H3;3*1H;/q;;;;+3/p-3. The van der Waals surface area contributed by atoms with E-state index in [-0.39, 0.29) is 40.6 Å². The minimum atomic E-state index is -3.05. The van der Waals surface area contributed by atoms with Gasteiger partial charge >= 0.3 is 283 Å². The fraction of sp³-hybridized carbons (Fsp3) is 0.436. The number of aryl methyl sites for hydroxylation is 6. The van der Waals surface area contributed by atoms with E-state index in [2.05, 4.69) is 183 Å². The molecule has 0 aliphatic heterocycles. The van der Waals surface area contributed by atoms with Crippen molar-refractivity contribution in [2.45, 2.75) is 72.6 Å². The van der Waals surface area contributed by atoms with Gasteiger partial charge in [0.2, 0.25) is 0 Å². The van der Waals surface area contributed by atoms with Crippen LogP contribution in [0.4, 0.5) is 17.1 Å². The van der Waals surface area contributed by atoms with E-state index in [1.54, 1.807) is 0 Å². The van der Waals surface area contributed by atoms with Gasteiger partial charge in [-0.05, 0) is 0 Å². The Bertz CT molecular complexity index is 1550. The van der Waals surface area contributed by atoms with E-state index < -0.39 is 8.07 Å². The quantitative estimate of drug-likeness (QED) is 0.208. The Morgan fingerprint density at radius 2 is 0.638 bits per heavy atom.